The van der Waals surface area contributed by atoms with Gasteiger partial charge in [-0.1, -0.05) is 12.1 Å². The van der Waals surface area contributed by atoms with Gasteiger partial charge in [-0.05, 0) is 25.5 Å². The monoisotopic (exact) mass is 328 g/mol. The van der Waals surface area contributed by atoms with Crippen molar-refractivity contribution in [2.45, 2.75) is 19.4 Å². The van der Waals surface area contributed by atoms with Gasteiger partial charge in [-0.15, -0.1) is 0 Å². The Labute approximate surface area is 140 Å². The maximum absolute atomic E-state index is 13.0. The van der Waals surface area contributed by atoms with Gasteiger partial charge in [0, 0.05) is 25.7 Å². The number of ether oxygens (including phenoxy) is 1. The highest BCUT2D eigenvalue weighted by atomic mass is 16.5. The summed E-state index contributed by atoms with van der Waals surface area (Å²) in [4.78, 5) is 28.5. The number of rotatable bonds is 2. The Hall–Kier alpha value is -2.76. The van der Waals surface area contributed by atoms with Gasteiger partial charge in [-0.3, -0.25) is 4.79 Å². The van der Waals surface area contributed by atoms with Crippen molar-refractivity contribution in [1.82, 2.24) is 0 Å². The summed E-state index contributed by atoms with van der Waals surface area (Å²) in [7, 11) is 3.31. The molecular formula is C18H20N2O4. The third-order valence-corrected chi connectivity index (χ3v) is 4.33. The molecule has 0 radical (unpaired) electrons. The van der Waals surface area contributed by atoms with Crippen LogP contribution in [0.1, 0.15) is 34.3 Å². The summed E-state index contributed by atoms with van der Waals surface area (Å²) in [5.74, 6) is -0.663. The van der Waals surface area contributed by atoms with Gasteiger partial charge in [-0.25, -0.2) is 4.79 Å². The van der Waals surface area contributed by atoms with Crippen LogP contribution in [0.15, 0.2) is 41.0 Å². The van der Waals surface area contributed by atoms with Crippen molar-refractivity contribution in [3.05, 3.63) is 47.9 Å². The zero-order valence-electron chi connectivity index (χ0n) is 14.0. The van der Waals surface area contributed by atoms with Crippen molar-refractivity contribution in [2.24, 2.45) is 0 Å². The number of nitrogens with zero attached hydrogens (tertiary/aromatic N) is 2. The van der Waals surface area contributed by atoms with Crippen molar-refractivity contribution >= 4 is 23.3 Å². The maximum atomic E-state index is 13.0. The number of carbonyl (C=O) groups is 2. The van der Waals surface area contributed by atoms with Crippen molar-refractivity contribution in [3.63, 3.8) is 0 Å². The van der Waals surface area contributed by atoms with Gasteiger partial charge < -0.3 is 19.0 Å². The Morgan fingerprint density at radius 1 is 1.25 bits per heavy atom. The first-order valence-corrected chi connectivity index (χ1v) is 7.83. The second-order valence-corrected chi connectivity index (χ2v) is 5.91. The SMILES string of the molecule is COC(=O)c1coc(C(=O)N2c3ccccc3N(C)CCC2C)c1. The zero-order chi connectivity index (χ0) is 17.3. The Kier molecular flexibility index (Phi) is 4.29. The molecule has 0 N–H and O–H groups in total. The molecule has 1 atom stereocenters. The van der Waals surface area contributed by atoms with Crippen LogP contribution in [0.4, 0.5) is 11.4 Å². The highest BCUT2D eigenvalue weighted by molar-refractivity contribution is 6.07. The molecule has 1 aliphatic heterocycles. The third kappa shape index (κ3) is 2.75. The molecule has 0 spiro atoms. The number of amides is 1. The van der Waals surface area contributed by atoms with Crippen LogP contribution in [0.25, 0.3) is 0 Å². The minimum atomic E-state index is -0.526. The van der Waals surface area contributed by atoms with E-state index in [4.69, 9.17) is 4.42 Å². The summed E-state index contributed by atoms with van der Waals surface area (Å²) in [5, 5.41) is 0. The zero-order valence-corrected chi connectivity index (χ0v) is 14.0. The van der Waals surface area contributed by atoms with Gasteiger partial charge >= 0.3 is 5.97 Å². The van der Waals surface area contributed by atoms with Crippen LogP contribution in [0.3, 0.4) is 0 Å². The molecule has 1 amide bonds. The van der Waals surface area contributed by atoms with E-state index in [1.807, 2.05) is 38.2 Å². The molecule has 0 fully saturated rings. The van der Waals surface area contributed by atoms with Gasteiger partial charge in [-0.2, -0.15) is 0 Å². The van der Waals surface area contributed by atoms with E-state index in [2.05, 4.69) is 9.64 Å². The topological polar surface area (TPSA) is 63.0 Å². The number of methoxy groups -OCH3 is 1. The number of esters is 1. The van der Waals surface area contributed by atoms with Crippen LogP contribution in [-0.4, -0.2) is 38.6 Å². The van der Waals surface area contributed by atoms with E-state index in [0.29, 0.717) is 0 Å². The summed E-state index contributed by atoms with van der Waals surface area (Å²) >= 11 is 0. The Bertz CT molecular complexity index is 768. The fourth-order valence-corrected chi connectivity index (χ4v) is 2.96. The predicted octanol–water partition coefficient (Wildman–Crippen LogP) is 2.94. The average Bonchev–Trinajstić information content (AvgIpc) is 3.05. The lowest BCUT2D eigenvalue weighted by atomic mass is 10.1. The molecule has 1 aromatic heterocycles. The van der Waals surface area contributed by atoms with E-state index in [1.165, 1.54) is 19.4 Å². The normalized spacial score (nSPS) is 17.2. The summed E-state index contributed by atoms with van der Waals surface area (Å²) in [6, 6.07) is 9.22. The van der Waals surface area contributed by atoms with Crippen LogP contribution in [0.5, 0.6) is 0 Å². The standard InChI is InChI=1S/C18H20N2O4/c1-12-8-9-19(2)14-6-4-5-7-15(14)20(12)17(21)16-10-13(11-24-16)18(22)23-3/h4-7,10-12H,8-9H2,1-3H3. The van der Waals surface area contributed by atoms with E-state index >= 15 is 0 Å². The van der Waals surface area contributed by atoms with E-state index in [0.717, 1.165) is 24.3 Å². The number of benzene rings is 1. The first-order chi connectivity index (χ1) is 11.5. The molecule has 1 unspecified atom stereocenters. The summed E-state index contributed by atoms with van der Waals surface area (Å²) in [6.07, 6.45) is 2.08. The van der Waals surface area contributed by atoms with Crippen molar-refractivity contribution in [3.8, 4) is 0 Å². The summed E-state index contributed by atoms with van der Waals surface area (Å²) < 4.78 is 9.98. The molecule has 6 heteroatoms. The number of hydrogen-bond donors (Lipinski definition) is 0. The highest BCUT2D eigenvalue weighted by Gasteiger charge is 2.31. The molecule has 2 aromatic rings. The molecule has 0 saturated heterocycles. The number of furan rings is 1. The van der Waals surface area contributed by atoms with Crippen molar-refractivity contribution in [2.75, 3.05) is 30.5 Å². The lowest BCUT2D eigenvalue weighted by molar-refractivity contribution is 0.0600. The van der Waals surface area contributed by atoms with Gasteiger partial charge in [0.05, 0.1) is 24.0 Å². The largest absolute Gasteiger partial charge is 0.465 e. The minimum absolute atomic E-state index is 0.00952. The van der Waals surface area contributed by atoms with Gasteiger partial charge in [0.25, 0.3) is 5.91 Å². The lowest BCUT2D eigenvalue weighted by Gasteiger charge is -2.27. The van der Waals surface area contributed by atoms with Crippen LogP contribution in [0.2, 0.25) is 0 Å². The quantitative estimate of drug-likeness (QED) is 0.793. The number of fused-ring (bicyclic) bond motifs is 1. The van der Waals surface area contributed by atoms with Crippen LogP contribution in [0, 0.1) is 0 Å². The molecule has 0 saturated carbocycles. The second kappa shape index (κ2) is 6.39. The van der Waals surface area contributed by atoms with Gasteiger partial charge in [0.1, 0.15) is 6.26 Å². The maximum Gasteiger partial charge on any atom is 0.341 e. The molecule has 2 heterocycles. The van der Waals surface area contributed by atoms with E-state index in [1.54, 1.807) is 4.90 Å². The number of hydrogen-bond acceptors (Lipinski definition) is 5. The first-order valence-electron chi connectivity index (χ1n) is 7.83. The first kappa shape index (κ1) is 16.1. The fourth-order valence-electron chi connectivity index (χ4n) is 2.96. The Balaban J connectivity index is 2.00. The predicted molar refractivity (Wildman–Crippen MR) is 90.6 cm³/mol. The summed E-state index contributed by atoms with van der Waals surface area (Å²) in [6.45, 7) is 2.87. The number of carbonyl (C=O) groups excluding carboxylic acids is 2. The van der Waals surface area contributed by atoms with Crippen LogP contribution < -0.4 is 9.80 Å². The van der Waals surface area contributed by atoms with Gasteiger partial charge in [0.15, 0.2) is 5.76 Å². The second-order valence-electron chi connectivity index (χ2n) is 5.91. The third-order valence-electron chi connectivity index (χ3n) is 4.33. The molecule has 0 bridgehead atoms. The highest BCUT2D eigenvalue weighted by Crippen LogP contribution is 2.34. The van der Waals surface area contributed by atoms with Crippen LogP contribution in [-0.2, 0) is 4.74 Å². The smallest absolute Gasteiger partial charge is 0.341 e. The molecule has 1 aliphatic rings. The molecule has 1 aromatic carbocycles. The van der Waals surface area contributed by atoms with E-state index in [9.17, 15) is 9.59 Å². The average molecular weight is 328 g/mol. The minimum Gasteiger partial charge on any atom is -0.465 e. The number of anilines is 2. The number of para-hydroxylation sites is 2. The van der Waals surface area contributed by atoms with Crippen molar-refractivity contribution in [1.29, 1.82) is 0 Å². The Morgan fingerprint density at radius 2 is 1.96 bits per heavy atom. The molecular weight excluding hydrogens is 308 g/mol. The molecule has 24 heavy (non-hydrogen) atoms. The fraction of sp³-hybridized carbons (Fsp3) is 0.333. The van der Waals surface area contributed by atoms with Crippen molar-refractivity contribution < 1.29 is 18.7 Å². The Morgan fingerprint density at radius 3 is 2.67 bits per heavy atom. The molecule has 0 aliphatic carbocycles. The van der Waals surface area contributed by atoms with E-state index in [-0.39, 0.29) is 23.3 Å². The van der Waals surface area contributed by atoms with Gasteiger partial charge in [0.2, 0.25) is 0 Å². The van der Waals surface area contributed by atoms with E-state index < -0.39 is 5.97 Å². The molecule has 126 valence electrons. The lowest BCUT2D eigenvalue weighted by Crippen LogP contribution is -2.38. The van der Waals surface area contributed by atoms with Crippen LogP contribution >= 0.6 is 0 Å². The molecule has 6 nitrogen and oxygen atoms in total. The summed E-state index contributed by atoms with van der Waals surface area (Å²) in [5.41, 5.74) is 2.06. The molecule has 3 rings (SSSR count).